The van der Waals surface area contributed by atoms with Crippen LogP contribution in [0.3, 0.4) is 0 Å². The number of aliphatic hydroxyl groups excluding tert-OH is 1. The lowest BCUT2D eigenvalue weighted by atomic mass is 10.1. The minimum atomic E-state index is -3.24. The topological polar surface area (TPSA) is 99.4 Å². The van der Waals surface area contributed by atoms with Crippen LogP contribution in [0.15, 0.2) is 18.2 Å². The molecule has 2 unspecified atom stereocenters. The first-order valence-electron chi connectivity index (χ1n) is 5.69. The maximum atomic E-state index is 11.5. The summed E-state index contributed by atoms with van der Waals surface area (Å²) in [5.74, 6) is 0.0225. The molecule has 1 heterocycles. The number of methoxy groups -OCH3 is 1. The molecule has 0 spiro atoms. The van der Waals surface area contributed by atoms with E-state index in [9.17, 15) is 13.5 Å². The lowest BCUT2D eigenvalue weighted by Gasteiger charge is -2.19. The standard InChI is InChI=1S/C12H14N2O4S/c1-18-11-4-2-3-8(5-13)12(11)14-9-6-19(16,17)7-10(9)15/h2-4,9-10,14-15H,6-7H2,1H3. The Balaban J connectivity index is 2.32. The number of benzene rings is 1. The van der Waals surface area contributed by atoms with Crippen LogP contribution in [-0.2, 0) is 9.84 Å². The van der Waals surface area contributed by atoms with E-state index in [1.165, 1.54) is 7.11 Å². The smallest absolute Gasteiger partial charge is 0.155 e. The molecule has 1 aliphatic heterocycles. The highest BCUT2D eigenvalue weighted by Crippen LogP contribution is 2.30. The lowest BCUT2D eigenvalue weighted by molar-refractivity contribution is 0.190. The number of rotatable bonds is 3. The Morgan fingerprint density at radius 1 is 1.47 bits per heavy atom. The Labute approximate surface area is 111 Å². The number of nitrogens with one attached hydrogen (secondary N) is 1. The maximum absolute atomic E-state index is 11.5. The second-order valence-electron chi connectivity index (χ2n) is 4.39. The molecular formula is C12H14N2O4S. The fraction of sp³-hybridized carbons (Fsp3) is 0.417. The molecule has 1 aliphatic rings. The van der Waals surface area contributed by atoms with E-state index < -0.39 is 22.0 Å². The normalized spacial score (nSPS) is 24.7. The fourth-order valence-electron chi connectivity index (χ4n) is 2.10. The van der Waals surface area contributed by atoms with Gasteiger partial charge in [0.25, 0.3) is 0 Å². The number of hydrogen-bond donors (Lipinski definition) is 2. The van der Waals surface area contributed by atoms with Gasteiger partial charge in [-0.2, -0.15) is 5.26 Å². The quantitative estimate of drug-likeness (QED) is 0.818. The van der Waals surface area contributed by atoms with Gasteiger partial charge >= 0.3 is 0 Å². The van der Waals surface area contributed by atoms with Gasteiger partial charge < -0.3 is 15.2 Å². The van der Waals surface area contributed by atoms with Gasteiger partial charge in [0.05, 0.1) is 42.0 Å². The molecule has 6 nitrogen and oxygen atoms in total. The van der Waals surface area contributed by atoms with E-state index in [4.69, 9.17) is 10.00 Å². The molecule has 1 aromatic rings. The van der Waals surface area contributed by atoms with E-state index in [0.29, 0.717) is 17.0 Å². The molecule has 0 radical (unpaired) electrons. The number of aliphatic hydroxyl groups is 1. The van der Waals surface area contributed by atoms with Gasteiger partial charge in [-0.3, -0.25) is 0 Å². The summed E-state index contributed by atoms with van der Waals surface area (Å²) in [7, 11) is -1.78. The number of ether oxygens (including phenoxy) is 1. The van der Waals surface area contributed by atoms with E-state index >= 15 is 0 Å². The second-order valence-corrected chi connectivity index (χ2v) is 6.54. The number of nitriles is 1. The third-order valence-electron chi connectivity index (χ3n) is 3.02. The van der Waals surface area contributed by atoms with Crippen LogP contribution in [-0.4, -0.2) is 44.3 Å². The summed E-state index contributed by atoms with van der Waals surface area (Å²) in [5, 5.41) is 21.7. The largest absolute Gasteiger partial charge is 0.495 e. The van der Waals surface area contributed by atoms with Crippen molar-refractivity contribution in [3.63, 3.8) is 0 Å². The maximum Gasteiger partial charge on any atom is 0.155 e. The second kappa shape index (κ2) is 5.07. The average molecular weight is 282 g/mol. The van der Waals surface area contributed by atoms with Crippen LogP contribution in [0, 0.1) is 11.3 Å². The molecule has 7 heteroatoms. The van der Waals surface area contributed by atoms with Crippen molar-refractivity contribution in [2.45, 2.75) is 12.1 Å². The van der Waals surface area contributed by atoms with E-state index in [1.807, 2.05) is 6.07 Å². The Bertz CT molecular complexity index is 621. The first kappa shape index (κ1) is 13.6. The van der Waals surface area contributed by atoms with E-state index in [0.717, 1.165) is 0 Å². The van der Waals surface area contributed by atoms with Crippen molar-refractivity contribution in [2.24, 2.45) is 0 Å². The molecule has 19 heavy (non-hydrogen) atoms. The third-order valence-corrected chi connectivity index (χ3v) is 4.74. The van der Waals surface area contributed by atoms with Gasteiger partial charge in [0.2, 0.25) is 0 Å². The number of sulfone groups is 1. The van der Waals surface area contributed by atoms with Crippen molar-refractivity contribution in [3.8, 4) is 11.8 Å². The zero-order valence-corrected chi connectivity index (χ0v) is 11.1. The number of anilines is 1. The van der Waals surface area contributed by atoms with Crippen LogP contribution in [0.25, 0.3) is 0 Å². The monoisotopic (exact) mass is 282 g/mol. The van der Waals surface area contributed by atoms with Gasteiger partial charge in [-0.1, -0.05) is 6.07 Å². The van der Waals surface area contributed by atoms with E-state index in [1.54, 1.807) is 18.2 Å². The zero-order chi connectivity index (χ0) is 14.0. The van der Waals surface area contributed by atoms with Gasteiger partial charge in [-0.15, -0.1) is 0 Å². The number of hydrogen-bond acceptors (Lipinski definition) is 6. The molecule has 0 saturated carbocycles. The number of para-hydroxylation sites is 1. The number of nitrogens with zero attached hydrogens (tertiary/aromatic N) is 1. The fourth-order valence-corrected chi connectivity index (χ4v) is 3.84. The first-order chi connectivity index (χ1) is 8.96. The average Bonchev–Trinajstić information content (AvgIpc) is 2.62. The molecule has 2 N–H and O–H groups in total. The van der Waals surface area contributed by atoms with Crippen LogP contribution in [0.1, 0.15) is 5.56 Å². The highest BCUT2D eigenvalue weighted by Gasteiger charge is 2.37. The molecule has 2 atom stereocenters. The molecule has 0 bridgehead atoms. The molecule has 1 fully saturated rings. The van der Waals surface area contributed by atoms with Gasteiger partial charge in [0.15, 0.2) is 9.84 Å². The van der Waals surface area contributed by atoms with Crippen LogP contribution >= 0.6 is 0 Å². The summed E-state index contributed by atoms with van der Waals surface area (Å²) < 4.78 is 28.0. The van der Waals surface area contributed by atoms with Crippen LogP contribution in [0.5, 0.6) is 5.75 Å². The SMILES string of the molecule is COc1cccc(C#N)c1NC1CS(=O)(=O)CC1O. The Morgan fingerprint density at radius 3 is 2.74 bits per heavy atom. The summed E-state index contributed by atoms with van der Waals surface area (Å²) in [6.45, 7) is 0. The van der Waals surface area contributed by atoms with Crippen molar-refractivity contribution < 1.29 is 18.3 Å². The Hall–Kier alpha value is -1.78. The summed E-state index contributed by atoms with van der Waals surface area (Å²) in [6, 6.07) is 6.31. The van der Waals surface area contributed by atoms with Gasteiger partial charge in [0, 0.05) is 0 Å². The van der Waals surface area contributed by atoms with E-state index in [2.05, 4.69) is 5.32 Å². The van der Waals surface area contributed by atoms with Gasteiger partial charge in [-0.05, 0) is 12.1 Å². The molecular weight excluding hydrogens is 268 g/mol. The summed E-state index contributed by atoms with van der Waals surface area (Å²) in [5.41, 5.74) is 0.754. The van der Waals surface area contributed by atoms with Crippen molar-refractivity contribution in [1.82, 2.24) is 0 Å². The van der Waals surface area contributed by atoms with E-state index in [-0.39, 0.29) is 11.5 Å². The summed E-state index contributed by atoms with van der Waals surface area (Å²) in [6.07, 6.45) is -0.985. The minimum absolute atomic E-state index is 0.156. The van der Waals surface area contributed by atoms with Crippen molar-refractivity contribution in [1.29, 1.82) is 5.26 Å². The predicted octanol–water partition coefficient (Wildman–Crippen LogP) is 0.137. The highest BCUT2D eigenvalue weighted by atomic mass is 32.2. The third kappa shape index (κ3) is 2.80. The van der Waals surface area contributed by atoms with Gasteiger partial charge in [-0.25, -0.2) is 8.42 Å². The first-order valence-corrected chi connectivity index (χ1v) is 7.51. The zero-order valence-electron chi connectivity index (χ0n) is 10.3. The van der Waals surface area contributed by atoms with Gasteiger partial charge in [0.1, 0.15) is 11.8 Å². The minimum Gasteiger partial charge on any atom is -0.495 e. The molecule has 0 amide bonds. The molecule has 0 aliphatic carbocycles. The van der Waals surface area contributed by atoms with Crippen LogP contribution in [0.2, 0.25) is 0 Å². The highest BCUT2D eigenvalue weighted by molar-refractivity contribution is 7.91. The molecule has 1 saturated heterocycles. The molecule has 102 valence electrons. The molecule has 2 rings (SSSR count). The predicted molar refractivity (Wildman–Crippen MR) is 69.8 cm³/mol. The summed E-state index contributed by atoms with van der Waals surface area (Å²) >= 11 is 0. The van der Waals surface area contributed by atoms with Crippen LogP contribution < -0.4 is 10.1 Å². The van der Waals surface area contributed by atoms with Crippen molar-refractivity contribution >= 4 is 15.5 Å². The Kier molecular flexibility index (Phi) is 3.64. The van der Waals surface area contributed by atoms with Crippen LogP contribution in [0.4, 0.5) is 5.69 Å². The summed E-state index contributed by atoms with van der Waals surface area (Å²) in [4.78, 5) is 0. The van der Waals surface area contributed by atoms with Crippen molar-refractivity contribution in [3.05, 3.63) is 23.8 Å². The Morgan fingerprint density at radius 2 is 2.21 bits per heavy atom. The van der Waals surface area contributed by atoms with Crippen molar-refractivity contribution in [2.75, 3.05) is 23.9 Å². The molecule has 1 aromatic carbocycles. The molecule has 0 aromatic heterocycles. The lowest BCUT2D eigenvalue weighted by Crippen LogP contribution is -2.32.